The lowest BCUT2D eigenvalue weighted by Crippen LogP contribution is -2.31. The fourth-order valence-corrected chi connectivity index (χ4v) is 3.76. The molecule has 10 heteroatoms. The van der Waals surface area contributed by atoms with Crippen molar-refractivity contribution in [1.29, 1.82) is 0 Å². The van der Waals surface area contributed by atoms with Gasteiger partial charge in [0.15, 0.2) is 5.65 Å². The predicted molar refractivity (Wildman–Crippen MR) is 99.3 cm³/mol. The van der Waals surface area contributed by atoms with E-state index in [1.54, 1.807) is 6.07 Å². The van der Waals surface area contributed by atoms with Crippen LogP contribution in [0.2, 0.25) is 5.02 Å². The monoisotopic (exact) mass is 410 g/mol. The number of nitrogens with zero attached hydrogens (tertiary/aromatic N) is 5. The van der Waals surface area contributed by atoms with Crippen molar-refractivity contribution in [1.82, 2.24) is 24.7 Å². The second-order valence-electron chi connectivity index (χ2n) is 6.67. The molecule has 4 rings (SSSR count). The van der Waals surface area contributed by atoms with Crippen LogP contribution in [-0.2, 0) is 6.18 Å². The molecule has 1 N–H and O–H groups in total. The van der Waals surface area contributed by atoms with Crippen molar-refractivity contribution in [2.75, 3.05) is 25.0 Å². The van der Waals surface area contributed by atoms with E-state index in [0.29, 0.717) is 21.9 Å². The highest BCUT2D eigenvalue weighted by molar-refractivity contribution is 6.31. The highest BCUT2D eigenvalue weighted by atomic mass is 35.5. The molecule has 0 amide bonds. The van der Waals surface area contributed by atoms with E-state index in [-0.39, 0.29) is 11.7 Å². The molecule has 148 valence electrons. The van der Waals surface area contributed by atoms with E-state index in [0.717, 1.165) is 31.5 Å². The summed E-state index contributed by atoms with van der Waals surface area (Å²) in [6.45, 7) is 2.37. The molecular weight excluding hydrogens is 393 g/mol. The summed E-state index contributed by atoms with van der Waals surface area (Å²) in [6.07, 6.45) is -2.40. The molecule has 3 aromatic rings. The molecule has 0 radical (unpaired) electrons. The third-order valence-corrected chi connectivity index (χ3v) is 5.18. The molecule has 1 aliphatic heterocycles. The number of aromatic nitrogens is 4. The Labute approximate surface area is 164 Å². The number of rotatable bonds is 5. The molecule has 6 nitrogen and oxygen atoms in total. The Morgan fingerprint density at radius 2 is 1.82 bits per heavy atom. The van der Waals surface area contributed by atoms with Gasteiger partial charge in [0.25, 0.3) is 5.82 Å². The van der Waals surface area contributed by atoms with Gasteiger partial charge in [0.1, 0.15) is 5.82 Å². The van der Waals surface area contributed by atoms with E-state index in [1.807, 2.05) is 24.3 Å². The number of likely N-dealkylation sites (tertiary alicyclic amines) is 1. The first-order valence-corrected chi connectivity index (χ1v) is 9.33. The minimum atomic E-state index is -4.62. The van der Waals surface area contributed by atoms with E-state index < -0.39 is 12.0 Å². The fraction of sp³-hybridized carbons (Fsp3) is 0.389. The summed E-state index contributed by atoms with van der Waals surface area (Å²) in [4.78, 5) is 2.33. The first kappa shape index (κ1) is 18.9. The van der Waals surface area contributed by atoms with Crippen LogP contribution in [0.5, 0.6) is 0 Å². The summed E-state index contributed by atoms with van der Waals surface area (Å²) >= 11 is 6.40. The SMILES string of the molecule is FC(F)(F)c1nnc2ccc(NC[C@@H](c3ccccc3Cl)N3CCCC3)nn12. The summed E-state index contributed by atoms with van der Waals surface area (Å²) in [5.74, 6) is -0.831. The van der Waals surface area contributed by atoms with E-state index in [9.17, 15) is 13.2 Å². The molecule has 0 spiro atoms. The molecule has 1 saturated heterocycles. The van der Waals surface area contributed by atoms with Gasteiger partial charge in [-0.15, -0.1) is 15.3 Å². The maximum absolute atomic E-state index is 13.1. The molecule has 2 aromatic heterocycles. The van der Waals surface area contributed by atoms with Crippen LogP contribution in [0, 0.1) is 0 Å². The third kappa shape index (κ3) is 3.77. The lowest BCUT2D eigenvalue weighted by molar-refractivity contribution is -0.146. The smallest absolute Gasteiger partial charge is 0.367 e. The molecule has 0 bridgehead atoms. The zero-order valence-corrected chi connectivity index (χ0v) is 15.6. The number of benzene rings is 1. The molecule has 0 unspecified atom stereocenters. The van der Waals surface area contributed by atoms with Crippen molar-refractivity contribution in [3.8, 4) is 0 Å². The normalized spacial score (nSPS) is 16.6. The van der Waals surface area contributed by atoms with Crippen LogP contribution >= 0.6 is 11.6 Å². The molecule has 1 aromatic carbocycles. The molecule has 1 atom stereocenters. The van der Waals surface area contributed by atoms with Crippen molar-refractivity contribution in [2.45, 2.75) is 25.1 Å². The molecule has 3 heterocycles. The van der Waals surface area contributed by atoms with Crippen LogP contribution in [0.3, 0.4) is 0 Å². The zero-order chi connectivity index (χ0) is 19.7. The topological polar surface area (TPSA) is 58.4 Å². The van der Waals surface area contributed by atoms with Crippen molar-refractivity contribution in [3.05, 3.63) is 52.8 Å². The summed E-state index contributed by atoms with van der Waals surface area (Å²) in [5, 5.41) is 14.6. The maximum Gasteiger partial charge on any atom is 0.453 e. The van der Waals surface area contributed by atoms with Gasteiger partial charge in [0, 0.05) is 11.6 Å². The number of alkyl halides is 3. The van der Waals surface area contributed by atoms with E-state index in [1.165, 1.54) is 6.07 Å². The summed E-state index contributed by atoms with van der Waals surface area (Å²) in [5.41, 5.74) is 1.03. The van der Waals surface area contributed by atoms with E-state index in [2.05, 4.69) is 25.5 Å². The standard InChI is InChI=1S/C18H18ClF3N6/c19-13-6-2-1-5-12(13)14(27-9-3-4-10-27)11-23-15-7-8-16-24-25-17(18(20,21)22)28(16)26-15/h1-2,5-8,14H,3-4,9-11H2,(H,23,26)/t14-/m0/s1. The molecule has 0 saturated carbocycles. The van der Waals surface area contributed by atoms with Crippen molar-refractivity contribution in [2.24, 2.45) is 0 Å². The van der Waals surface area contributed by atoms with Crippen molar-refractivity contribution >= 4 is 23.1 Å². The Kier molecular flexibility index (Phi) is 5.11. The van der Waals surface area contributed by atoms with E-state index >= 15 is 0 Å². The van der Waals surface area contributed by atoms with Crippen molar-refractivity contribution in [3.63, 3.8) is 0 Å². The van der Waals surface area contributed by atoms with Gasteiger partial charge in [0.05, 0.1) is 6.04 Å². The summed E-state index contributed by atoms with van der Waals surface area (Å²) in [6, 6.07) is 10.7. The number of hydrogen-bond acceptors (Lipinski definition) is 5. The predicted octanol–water partition coefficient (Wildman–Crippen LogP) is 4.05. The number of fused-ring (bicyclic) bond motifs is 1. The Morgan fingerprint density at radius 1 is 1.07 bits per heavy atom. The Bertz CT molecular complexity index is 967. The van der Waals surface area contributed by atoms with Crippen LogP contribution in [-0.4, -0.2) is 44.3 Å². The molecule has 28 heavy (non-hydrogen) atoms. The molecular formula is C18H18ClF3N6. The second kappa shape index (κ2) is 7.56. The van der Waals surface area contributed by atoms with Crippen LogP contribution in [0.4, 0.5) is 19.0 Å². The number of nitrogens with one attached hydrogen (secondary N) is 1. The quantitative estimate of drug-likeness (QED) is 0.687. The zero-order valence-electron chi connectivity index (χ0n) is 14.8. The lowest BCUT2D eigenvalue weighted by atomic mass is 10.1. The average Bonchev–Trinajstić information content (AvgIpc) is 3.32. The highest BCUT2D eigenvalue weighted by Crippen LogP contribution is 2.31. The van der Waals surface area contributed by atoms with E-state index in [4.69, 9.17) is 11.6 Å². The minimum Gasteiger partial charge on any atom is -0.367 e. The first-order chi connectivity index (χ1) is 13.4. The summed E-state index contributed by atoms with van der Waals surface area (Å²) in [7, 11) is 0. The first-order valence-electron chi connectivity index (χ1n) is 8.95. The number of anilines is 1. The average molecular weight is 411 g/mol. The van der Waals surface area contributed by atoms with Gasteiger partial charge in [-0.3, -0.25) is 4.90 Å². The molecule has 1 aliphatic rings. The molecule has 0 aliphatic carbocycles. The minimum absolute atomic E-state index is 0.00306. The van der Waals surface area contributed by atoms with Gasteiger partial charge >= 0.3 is 6.18 Å². The van der Waals surface area contributed by atoms with Gasteiger partial charge in [0.2, 0.25) is 0 Å². The largest absolute Gasteiger partial charge is 0.453 e. The highest BCUT2D eigenvalue weighted by Gasteiger charge is 2.37. The number of halogens is 4. The van der Waals surface area contributed by atoms with Crippen LogP contribution in [0.15, 0.2) is 36.4 Å². The third-order valence-electron chi connectivity index (χ3n) is 4.84. The van der Waals surface area contributed by atoms with Crippen LogP contribution < -0.4 is 5.32 Å². The van der Waals surface area contributed by atoms with Crippen LogP contribution in [0.1, 0.15) is 30.3 Å². The van der Waals surface area contributed by atoms with Gasteiger partial charge in [-0.05, 0) is 49.7 Å². The van der Waals surface area contributed by atoms with Gasteiger partial charge in [-0.1, -0.05) is 29.8 Å². The van der Waals surface area contributed by atoms with Gasteiger partial charge in [-0.2, -0.15) is 17.7 Å². The maximum atomic E-state index is 13.1. The summed E-state index contributed by atoms with van der Waals surface area (Å²) < 4.78 is 39.9. The Morgan fingerprint density at radius 3 is 2.54 bits per heavy atom. The number of hydrogen-bond donors (Lipinski definition) is 1. The second-order valence-corrected chi connectivity index (χ2v) is 7.08. The Balaban J connectivity index is 1.59. The van der Waals surface area contributed by atoms with Crippen molar-refractivity contribution < 1.29 is 13.2 Å². The van der Waals surface area contributed by atoms with Gasteiger partial charge in [-0.25, -0.2) is 0 Å². The fourth-order valence-electron chi connectivity index (χ4n) is 3.50. The van der Waals surface area contributed by atoms with Crippen LogP contribution in [0.25, 0.3) is 5.65 Å². The molecule has 1 fully saturated rings. The Hall–Kier alpha value is -2.39. The van der Waals surface area contributed by atoms with Gasteiger partial charge < -0.3 is 5.32 Å². The lowest BCUT2D eigenvalue weighted by Gasteiger charge is -2.29.